The minimum absolute atomic E-state index is 0.0711. The minimum atomic E-state index is -2.92. The van der Waals surface area contributed by atoms with Crippen molar-refractivity contribution < 1.29 is 23.0 Å². The van der Waals surface area contributed by atoms with Gasteiger partial charge in [-0.15, -0.1) is 0 Å². The lowest BCUT2D eigenvalue weighted by atomic mass is 9.95. The van der Waals surface area contributed by atoms with Crippen LogP contribution in [-0.4, -0.2) is 50.1 Å². The number of hydrogen-bond acceptors (Lipinski definition) is 4. The first kappa shape index (κ1) is 22.7. The van der Waals surface area contributed by atoms with Gasteiger partial charge in [-0.05, 0) is 37.3 Å². The highest BCUT2D eigenvalue weighted by atomic mass is 19.3. The Hall–Kier alpha value is -2.58. The van der Waals surface area contributed by atoms with E-state index >= 15 is 0 Å². The number of primary amides is 1. The van der Waals surface area contributed by atoms with Gasteiger partial charge in [0.15, 0.2) is 5.96 Å². The molecule has 162 valence electrons. The molecule has 1 aromatic carbocycles. The molecule has 0 saturated carbocycles. The number of nitrogens with zero attached hydrogens (tertiary/aromatic N) is 2. The Balaban J connectivity index is 2.04. The summed E-state index contributed by atoms with van der Waals surface area (Å²) in [5, 5.41) is 3.20. The summed E-state index contributed by atoms with van der Waals surface area (Å²) < 4.78 is 35.9. The number of guanidine groups is 1. The predicted molar refractivity (Wildman–Crippen MR) is 107 cm³/mol. The van der Waals surface area contributed by atoms with Crippen LogP contribution in [0.1, 0.15) is 38.2 Å². The van der Waals surface area contributed by atoms with Crippen LogP contribution in [0.25, 0.3) is 0 Å². The first-order valence-electron chi connectivity index (χ1n) is 9.87. The van der Waals surface area contributed by atoms with Crippen LogP contribution < -0.4 is 20.5 Å². The van der Waals surface area contributed by atoms with Gasteiger partial charge in [0.1, 0.15) is 11.5 Å². The summed E-state index contributed by atoms with van der Waals surface area (Å²) in [6.07, 6.45) is 3.04. The Kier molecular flexibility index (Phi) is 8.95. The number of nitrogens with two attached hydrogens (primary N) is 1. The molecule has 0 aromatic heterocycles. The molecule has 2 rings (SSSR count). The molecule has 1 heterocycles. The fourth-order valence-electron chi connectivity index (χ4n) is 3.41. The molecule has 1 fully saturated rings. The Bertz CT molecular complexity index is 700. The van der Waals surface area contributed by atoms with Gasteiger partial charge < -0.3 is 25.4 Å². The van der Waals surface area contributed by atoms with E-state index in [1.807, 2.05) is 6.92 Å². The van der Waals surface area contributed by atoms with Crippen molar-refractivity contribution in [2.24, 2.45) is 16.6 Å². The predicted octanol–water partition coefficient (Wildman–Crippen LogP) is 2.74. The summed E-state index contributed by atoms with van der Waals surface area (Å²) in [6.45, 7) is 1.28. The van der Waals surface area contributed by atoms with Crippen molar-refractivity contribution in [3.63, 3.8) is 0 Å². The second-order valence-corrected chi connectivity index (χ2v) is 7.02. The van der Waals surface area contributed by atoms with Crippen molar-refractivity contribution in [2.45, 2.75) is 45.8 Å². The molecule has 0 spiro atoms. The molecule has 0 aliphatic carbocycles. The topological polar surface area (TPSA) is 89.2 Å². The average Bonchev–Trinajstić information content (AvgIpc) is 2.67. The number of nitrogens with one attached hydrogen (secondary N) is 1. The Morgan fingerprint density at radius 3 is 2.90 bits per heavy atom. The molecule has 1 saturated heterocycles. The van der Waals surface area contributed by atoms with E-state index in [9.17, 15) is 13.6 Å². The summed E-state index contributed by atoms with van der Waals surface area (Å²) >= 11 is 0. The number of hydrogen-bond donors (Lipinski definition) is 2. The third-order valence-electron chi connectivity index (χ3n) is 4.68. The lowest BCUT2D eigenvalue weighted by Gasteiger charge is -2.34. The number of alkyl halides is 2. The monoisotopic (exact) mass is 412 g/mol. The highest BCUT2D eigenvalue weighted by Gasteiger charge is 2.23. The third-order valence-corrected chi connectivity index (χ3v) is 4.68. The van der Waals surface area contributed by atoms with Crippen LogP contribution in [0.5, 0.6) is 11.5 Å². The van der Waals surface area contributed by atoms with Crippen LogP contribution in [0.3, 0.4) is 0 Å². The van der Waals surface area contributed by atoms with Crippen LogP contribution in [0.4, 0.5) is 8.78 Å². The molecule has 1 amide bonds. The normalized spacial score (nSPS) is 17.3. The highest BCUT2D eigenvalue weighted by Crippen LogP contribution is 2.27. The molecule has 0 radical (unpaired) electrons. The average molecular weight is 412 g/mol. The fourth-order valence-corrected chi connectivity index (χ4v) is 3.41. The van der Waals surface area contributed by atoms with Crippen molar-refractivity contribution in [1.29, 1.82) is 0 Å². The van der Waals surface area contributed by atoms with Crippen LogP contribution in [0.2, 0.25) is 0 Å². The van der Waals surface area contributed by atoms with E-state index in [1.54, 1.807) is 19.2 Å². The van der Waals surface area contributed by atoms with E-state index in [1.165, 1.54) is 6.07 Å². The summed E-state index contributed by atoms with van der Waals surface area (Å²) in [5.74, 6) is 1.09. The molecule has 29 heavy (non-hydrogen) atoms. The molecule has 1 unspecified atom stereocenters. The largest absolute Gasteiger partial charge is 0.493 e. The summed E-state index contributed by atoms with van der Waals surface area (Å²) in [5.41, 5.74) is 5.89. The maximum atomic E-state index is 12.8. The van der Waals surface area contributed by atoms with Gasteiger partial charge in [0.05, 0.1) is 6.61 Å². The molecule has 1 aromatic rings. The molecule has 7 nitrogen and oxygen atoms in total. The van der Waals surface area contributed by atoms with E-state index in [0.29, 0.717) is 36.8 Å². The van der Waals surface area contributed by atoms with Gasteiger partial charge in [0.2, 0.25) is 5.91 Å². The lowest BCUT2D eigenvalue weighted by molar-refractivity contribution is -0.119. The Morgan fingerprint density at radius 1 is 1.45 bits per heavy atom. The number of piperidine rings is 1. The molecule has 0 bridgehead atoms. The second-order valence-electron chi connectivity index (χ2n) is 7.02. The Labute approximate surface area is 170 Å². The molecule has 1 aliphatic heterocycles. The van der Waals surface area contributed by atoms with Gasteiger partial charge in [-0.3, -0.25) is 9.79 Å². The summed E-state index contributed by atoms with van der Waals surface area (Å²) in [4.78, 5) is 17.6. The zero-order valence-corrected chi connectivity index (χ0v) is 17.0. The van der Waals surface area contributed by atoms with E-state index < -0.39 is 6.61 Å². The standard InChI is InChI=1S/C20H30F2N4O3/c1-3-9-28-16-7-6-15(17(11-16)29-19(21)22)12-25-20(24-2)26-8-4-5-14(13-26)10-18(23)27/h6-7,11,14,19H,3-5,8-10,12-13H2,1-2H3,(H2,23,27)(H,24,25). The van der Waals surface area contributed by atoms with Crippen LogP contribution in [-0.2, 0) is 11.3 Å². The number of halogens is 2. The Morgan fingerprint density at radius 2 is 2.24 bits per heavy atom. The van der Waals surface area contributed by atoms with Gasteiger partial charge in [-0.1, -0.05) is 6.92 Å². The van der Waals surface area contributed by atoms with Crippen LogP contribution >= 0.6 is 0 Å². The van der Waals surface area contributed by atoms with Gasteiger partial charge >= 0.3 is 6.61 Å². The molecule has 1 aliphatic rings. The van der Waals surface area contributed by atoms with Crippen LogP contribution in [0.15, 0.2) is 23.2 Å². The SMILES string of the molecule is CCCOc1ccc(CNC(=NC)N2CCCC(CC(N)=O)C2)c(OC(F)F)c1. The maximum Gasteiger partial charge on any atom is 0.387 e. The van der Waals surface area contributed by atoms with E-state index in [0.717, 1.165) is 25.8 Å². The molecular weight excluding hydrogens is 382 g/mol. The number of likely N-dealkylation sites (tertiary alicyclic amines) is 1. The van der Waals surface area contributed by atoms with Crippen molar-refractivity contribution in [2.75, 3.05) is 26.7 Å². The maximum absolute atomic E-state index is 12.8. The zero-order chi connectivity index (χ0) is 21.2. The third kappa shape index (κ3) is 7.40. The number of benzene rings is 1. The van der Waals surface area contributed by atoms with Crippen molar-refractivity contribution >= 4 is 11.9 Å². The summed E-state index contributed by atoms with van der Waals surface area (Å²) in [7, 11) is 1.66. The van der Waals surface area contributed by atoms with Gasteiger partial charge in [0.25, 0.3) is 0 Å². The molecule has 3 N–H and O–H groups in total. The lowest BCUT2D eigenvalue weighted by Crippen LogP contribution is -2.46. The number of amides is 1. The molecule has 9 heteroatoms. The minimum Gasteiger partial charge on any atom is -0.493 e. The van der Waals surface area contributed by atoms with Gasteiger partial charge in [-0.2, -0.15) is 8.78 Å². The smallest absolute Gasteiger partial charge is 0.387 e. The highest BCUT2D eigenvalue weighted by molar-refractivity contribution is 5.80. The van der Waals surface area contributed by atoms with Crippen molar-refractivity contribution in [3.8, 4) is 11.5 Å². The zero-order valence-electron chi connectivity index (χ0n) is 17.0. The van der Waals surface area contributed by atoms with E-state index in [4.69, 9.17) is 10.5 Å². The van der Waals surface area contributed by atoms with Crippen molar-refractivity contribution in [3.05, 3.63) is 23.8 Å². The molecular formula is C20H30F2N4O3. The van der Waals surface area contributed by atoms with Gasteiger partial charge in [-0.25, -0.2) is 0 Å². The fraction of sp³-hybridized carbons (Fsp3) is 0.600. The first-order chi connectivity index (χ1) is 13.9. The summed E-state index contributed by atoms with van der Waals surface area (Å²) in [6, 6.07) is 4.91. The number of aliphatic imine (C=N–C) groups is 1. The second kappa shape index (κ2) is 11.4. The number of rotatable bonds is 9. The van der Waals surface area contributed by atoms with E-state index in [2.05, 4.69) is 19.9 Å². The first-order valence-corrected chi connectivity index (χ1v) is 9.87. The van der Waals surface area contributed by atoms with Gasteiger partial charge in [0, 0.05) is 44.7 Å². The van der Waals surface area contributed by atoms with Crippen LogP contribution in [0, 0.1) is 5.92 Å². The number of carbonyl (C=O) groups excluding carboxylic acids is 1. The molecule has 1 atom stereocenters. The number of ether oxygens (including phenoxy) is 2. The quantitative estimate of drug-likeness (QED) is 0.481. The number of carbonyl (C=O) groups is 1. The van der Waals surface area contributed by atoms with E-state index in [-0.39, 0.29) is 24.1 Å². The van der Waals surface area contributed by atoms with Crippen molar-refractivity contribution in [1.82, 2.24) is 10.2 Å².